The Bertz CT molecular complexity index is 215. The molecule has 0 saturated carbocycles. The van der Waals surface area contributed by atoms with Gasteiger partial charge < -0.3 is 15.5 Å². The summed E-state index contributed by atoms with van der Waals surface area (Å²) in [5, 5.41) is 5.97. The Morgan fingerprint density at radius 2 is 1.76 bits per heavy atom. The maximum absolute atomic E-state index is 11.7. The number of hydrogen-bond donors (Lipinski definition) is 2. The van der Waals surface area contributed by atoms with Crippen LogP contribution in [0, 0.1) is 5.92 Å². The Morgan fingerprint density at radius 3 is 2.12 bits per heavy atom. The number of amides is 1. The fraction of sp³-hybridized carbons (Fsp3) is 0.923. The van der Waals surface area contributed by atoms with Crippen LogP contribution in [-0.2, 0) is 4.79 Å². The molecule has 4 heteroatoms. The number of carbonyl (C=O) groups excluding carboxylic acids is 1. The van der Waals surface area contributed by atoms with E-state index < -0.39 is 0 Å². The third-order valence-electron chi connectivity index (χ3n) is 3.57. The highest BCUT2D eigenvalue weighted by Gasteiger charge is 2.21. The Hall–Kier alpha value is -0.610. The van der Waals surface area contributed by atoms with Crippen LogP contribution in [-0.4, -0.2) is 50.6 Å². The van der Waals surface area contributed by atoms with E-state index in [2.05, 4.69) is 43.5 Å². The van der Waals surface area contributed by atoms with Gasteiger partial charge in [0.05, 0.1) is 6.04 Å². The van der Waals surface area contributed by atoms with Gasteiger partial charge in [0.25, 0.3) is 0 Å². The monoisotopic (exact) mass is 243 g/mol. The van der Waals surface area contributed by atoms with Crippen molar-refractivity contribution in [3.63, 3.8) is 0 Å². The average molecular weight is 243 g/mol. The number of carbonyl (C=O) groups is 1. The first kappa shape index (κ1) is 16.4. The summed E-state index contributed by atoms with van der Waals surface area (Å²) in [4.78, 5) is 13.9. The maximum Gasteiger partial charge on any atom is 0.236 e. The maximum atomic E-state index is 11.7. The summed E-state index contributed by atoms with van der Waals surface area (Å²) in [5.74, 6) is 0.709. The number of nitrogens with zero attached hydrogens (tertiary/aromatic N) is 1. The second-order valence-electron chi connectivity index (χ2n) is 4.86. The van der Waals surface area contributed by atoms with Crippen molar-refractivity contribution in [2.24, 2.45) is 5.92 Å². The molecule has 0 bridgehead atoms. The zero-order valence-corrected chi connectivity index (χ0v) is 12.2. The van der Waals surface area contributed by atoms with Crippen molar-refractivity contribution >= 4 is 5.91 Å². The Balaban J connectivity index is 4.32. The van der Waals surface area contributed by atoms with Crippen LogP contribution in [0.4, 0.5) is 0 Å². The molecule has 0 aliphatic carbocycles. The van der Waals surface area contributed by atoms with Crippen LogP contribution in [0.25, 0.3) is 0 Å². The Labute approximate surface area is 106 Å². The first-order chi connectivity index (χ1) is 7.97. The van der Waals surface area contributed by atoms with Crippen LogP contribution in [0.15, 0.2) is 0 Å². The predicted octanol–water partition coefficient (Wildman–Crippen LogP) is 1.08. The van der Waals surface area contributed by atoms with E-state index in [1.807, 2.05) is 6.92 Å². The van der Waals surface area contributed by atoms with E-state index in [1.54, 1.807) is 7.05 Å². The first-order valence-electron chi connectivity index (χ1n) is 6.59. The highest BCUT2D eigenvalue weighted by Crippen LogP contribution is 2.16. The molecule has 0 aliphatic rings. The van der Waals surface area contributed by atoms with Gasteiger partial charge in [-0.05, 0) is 34.0 Å². The number of nitrogens with one attached hydrogen (secondary N) is 2. The lowest BCUT2D eigenvalue weighted by atomic mass is 9.93. The molecule has 0 fully saturated rings. The molecule has 2 N–H and O–H groups in total. The third kappa shape index (κ3) is 5.50. The van der Waals surface area contributed by atoms with Gasteiger partial charge in [-0.1, -0.05) is 26.7 Å². The molecule has 2 atom stereocenters. The zero-order valence-electron chi connectivity index (χ0n) is 12.2. The van der Waals surface area contributed by atoms with Crippen molar-refractivity contribution in [1.82, 2.24) is 15.5 Å². The molecular weight excluding hydrogens is 214 g/mol. The van der Waals surface area contributed by atoms with E-state index in [1.165, 1.54) is 0 Å². The van der Waals surface area contributed by atoms with Crippen LogP contribution in [0.5, 0.6) is 0 Å². The molecule has 0 aromatic heterocycles. The molecule has 102 valence electrons. The Kier molecular flexibility index (Phi) is 8.17. The van der Waals surface area contributed by atoms with Gasteiger partial charge in [-0.2, -0.15) is 0 Å². The molecule has 17 heavy (non-hydrogen) atoms. The van der Waals surface area contributed by atoms with Gasteiger partial charge in [0.2, 0.25) is 5.91 Å². The lowest BCUT2D eigenvalue weighted by molar-refractivity contribution is -0.122. The van der Waals surface area contributed by atoms with Gasteiger partial charge in [-0.15, -0.1) is 0 Å². The number of likely N-dealkylation sites (N-methyl/N-ethyl adjacent to an activating group) is 2. The summed E-state index contributed by atoms with van der Waals surface area (Å²) in [7, 11) is 5.96. The van der Waals surface area contributed by atoms with Crippen LogP contribution >= 0.6 is 0 Å². The fourth-order valence-electron chi connectivity index (χ4n) is 2.09. The summed E-state index contributed by atoms with van der Waals surface area (Å²) in [6.07, 6.45) is 2.30. The van der Waals surface area contributed by atoms with E-state index in [9.17, 15) is 4.79 Å². The summed E-state index contributed by atoms with van der Waals surface area (Å²) in [6.45, 7) is 7.02. The summed E-state index contributed by atoms with van der Waals surface area (Å²) >= 11 is 0. The van der Waals surface area contributed by atoms with Crippen LogP contribution in [0.2, 0.25) is 0 Å². The Morgan fingerprint density at radius 1 is 1.24 bits per heavy atom. The molecule has 2 unspecified atom stereocenters. The number of rotatable bonds is 8. The molecule has 4 nitrogen and oxygen atoms in total. The standard InChI is InChI=1S/C13H29N3O/c1-7-11(8-2)12(16(5)6)9-15-13(17)10(3)14-4/h10-12,14H,7-9H2,1-6H3,(H,15,17). The normalized spacial score (nSPS) is 15.1. The smallest absolute Gasteiger partial charge is 0.236 e. The quantitative estimate of drug-likeness (QED) is 0.670. The minimum Gasteiger partial charge on any atom is -0.353 e. The molecule has 0 spiro atoms. The van der Waals surface area contributed by atoms with Crippen molar-refractivity contribution in [3.8, 4) is 0 Å². The van der Waals surface area contributed by atoms with Crippen LogP contribution < -0.4 is 10.6 Å². The molecule has 0 aromatic carbocycles. The van der Waals surface area contributed by atoms with Gasteiger partial charge in [0.1, 0.15) is 0 Å². The highest BCUT2D eigenvalue weighted by molar-refractivity contribution is 5.81. The lowest BCUT2D eigenvalue weighted by Gasteiger charge is -2.31. The number of hydrogen-bond acceptors (Lipinski definition) is 3. The van der Waals surface area contributed by atoms with Gasteiger partial charge in [0.15, 0.2) is 0 Å². The van der Waals surface area contributed by atoms with Crippen molar-refractivity contribution in [2.45, 2.75) is 45.7 Å². The van der Waals surface area contributed by atoms with Gasteiger partial charge in [-0.25, -0.2) is 0 Å². The zero-order chi connectivity index (χ0) is 13.4. The summed E-state index contributed by atoms with van der Waals surface area (Å²) < 4.78 is 0. The molecule has 0 saturated heterocycles. The van der Waals surface area contributed by atoms with Crippen LogP contribution in [0.3, 0.4) is 0 Å². The second-order valence-corrected chi connectivity index (χ2v) is 4.86. The summed E-state index contributed by atoms with van der Waals surface area (Å²) in [5.41, 5.74) is 0. The minimum absolute atomic E-state index is 0.0744. The average Bonchev–Trinajstić information content (AvgIpc) is 2.32. The molecule has 0 heterocycles. The van der Waals surface area contributed by atoms with Crippen molar-refractivity contribution < 1.29 is 4.79 Å². The van der Waals surface area contributed by atoms with E-state index in [0.29, 0.717) is 12.0 Å². The van der Waals surface area contributed by atoms with Gasteiger partial charge in [-0.3, -0.25) is 4.79 Å². The molecular formula is C13H29N3O. The molecule has 0 rings (SSSR count). The molecule has 1 amide bonds. The second kappa shape index (κ2) is 8.48. The summed E-state index contributed by atoms with van der Waals surface area (Å²) in [6, 6.07) is 0.289. The SMILES string of the molecule is CCC(CC)C(CNC(=O)C(C)NC)N(C)C. The van der Waals surface area contributed by atoms with Crippen LogP contribution in [0.1, 0.15) is 33.6 Å². The van der Waals surface area contributed by atoms with Crippen molar-refractivity contribution in [2.75, 3.05) is 27.7 Å². The first-order valence-corrected chi connectivity index (χ1v) is 6.59. The molecule has 0 radical (unpaired) electrons. The van der Waals surface area contributed by atoms with E-state index >= 15 is 0 Å². The highest BCUT2D eigenvalue weighted by atomic mass is 16.2. The van der Waals surface area contributed by atoms with E-state index in [0.717, 1.165) is 19.4 Å². The third-order valence-corrected chi connectivity index (χ3v) is 3.57. The lowest BCUT2D eigenvalue weighted by Crippen LogP contribution is -2.48. The van der Waals surface area contributed by atoms with Gasteiger partial charge in [0, 0.05) is 12.6 Å². The topological polar surface area (TPSA) is 44.4 Å². The molecule has 0 aromatic rings. The van der Waals surface area contributed by atoms with Crippen molar-refractivity contribution in [1.29, 1.82) is 0 Å². The molecule has 0 aliphatic heterocycles. The van der Waals surface area contributed by atoms with Gasteiger partial charge >= 0.3 is 0 Å². The van der Waals surface area contributed by atoms with Crippen molar-refractivity contribution in [3.05, 3.63) is 0 Å². The minimum atomic E-state index is -0.125. The predicted molar refractivity (Wildman–Crippen MR) is 73.1 cm³/mol. The largest absolute Gasteiger partial charge is 0.353 e. The van der Waals surface area contributed by atoms with E-state index in [-0.39, 0.29) is 11.9 Å². The fourth-order valence-corrected chi connectivity index (χ4v) is 2.09. The van der Waals surface area contributed by atoms with E-state index in [4.69, 9.17) is 0 Å².